The largest absolute Gasteiger partial charge is 0.508 e. The Kier molecular flexibility index (Phi) is 6.44. The first-order valence-electron chi connectivity index (χ1n) is 10.6. The zero-order valence-corrected chi connectivity index (χ0v) is 19.0. The summed E-state index contributed by atoms with van der Waals surface area (Å²) >= 11 is 6.03. The summed E-state index contributed by atoms with van der Waals surface area (Å²) in [6.07, 6.45) is 0.559. The van der Waals surface area contributed by atoms with Crippen molar-refractivity contribution in [3.8, 4) is 5.75 Å². The number of nitrogens with zero attached hydrogens (tertiary/aromatic N) is 1. The van der Waals surface area contributed by atoms with Gasteiger partial charge in [-0.1, -0.05) is 23.7 Å². The van der Waals surface area contributed by atoms with Gasteiger partial charge in [0.05, 0.1) is 17.7 Å². The van der Waals surface area contributed by atoms with E-state index in [0.717, 1.165) is 0 Å². The van der Waals surface area contributed by atoms with Crippen molar-refractivity contribution in [3.05, 3.63) is 76.2 Å². The van der Waals surface area contributed by atoms with Gasteiger partial charge in [-0.2, -0.15) is 0 Å². The number of furan rings is 1. The molecule has 2 N–H and O–H groups in total. The molecule has 3 aromatic rings. The molecule has 0 aliphatic carbocycles. The summed E-state index contributed by atoms with van der Waals surface area (Å²) in [7, 11) is 0. The molecule has 1 amide bonds. The minimum absolute atomic E-state index is 0.0143. The van der Waals surface area contributed by atoms with Crippen molar-refractivity contribution in [2.24, 2.45) is 0 Å². The van der Waals surface area contributed by atoms with E-state index < -0.39 is 23.5 Å². The van der Waals surface area contributed by atoms with Gasteiger partial charge in [0.25, 0.3) is 5.91 Å². The van der Waals surface area contributed by atoms with E-state index in [9.17, 15) is 19.8 Å². The number of aliphatic hydroxyl groups is 1. The summed E-state index contributed by atoms with van der Waals surface area (Å²) in [5.41, 5.74) is 0.865. The van der Waals surface area contributed by atoms with Crippen LogP contribution in [-0.2, 0) is 9.53 Å². The fraction of sp³-hybridized carbons (Fsp3) is 0.280. The number of carbonyl (C=O) groups excluding carboxylic acids is 2. The van der Waals surface area contributed by atoms with Crippen molar-refractivity contribution in [1.29, 1.82) is 0 Å². The highest BCUT2D eigenvalue weighted by molar-refractivity contribution is 6.31. The van der Waals surface area contributed by atoms with Crippen molar-refractivity contribution in [2.45, 2.75) is 32.4 Å². The van der Waals surface area contributed by atoms with Gasteiger partial charge in [0.2, 0.25) is 5.78 Å². The summed E-state index contributed by atoms with van der Waals surface area (Å²) in [4.78, 5) is 27.9. The number of benzene rings is 2. The van der Waals surface area contributed by atoms with E-state index in [2.05, 4.69) is 0 Å². The molecule has 0 saturated carbocycles. The zero-order chi connectivity index (χ0) is 23.7. The fourth-order valence-corrected chi connectivity index (χ4v) is 4.15. The quantitative estimate of drug-likeness (QED) is 0.348. The number of Topliss-reactive ketones (excluding diaryl/α,β-unsaturated/α-hetero) is 1. The Morgan fingerprint density at radius 1 is 1.18 bits per heavy atom. The van der Waals surface area contributed by atoms with Crippen LogP contribution >= 0.6 is 11.6 Å². The number of amides is 1. The molecular weight excluding hydrogens is 446 g/mol. The molecule has 2 aromatic carbocycles. The van der Waals surface area contributed by atoms with Crippen LogP contribution in [0.1, 0.15) is 42.4 Å². The molecule has 7 nitrogen and oxygen atoms in total. The highest BCUT2D eigenvalue weighted by atomic mass is 35.5. The molecule has 1 aliphatic rings. The predicted molar refractivity (Wildman–Crippen MR) is 123 cm³/mol. The third kappa shape index (κ3) is 4.60. The van der Waals surface area contributed by atoms with Crippen LogP contribution in [0.2, 0.25) is 5.02 Å². The van der Waals surface area contributed by atoms with E-state index in [1.165, 1.54) is 23.1 Å². The third-order valence-electron chi connectivity index (χ3n) is 5.43. The summed E-state index contributed by atoms with van der Waals surface area (Å²) in [5, 5.41) is 21.9. The van der Waals surface area contributed by atoms with Gasteiger partial charge in [-0.15, -0.1) is 0 Å². The SMILES string of the molecule is CC(C)OCCCN1C(=O)C(O)=C(C(=O)c2cc3cc(Cl)ccc3o2)C1c1cccc(O)c1. The Labute approximate surface area is 195 Å². The Balaban J connectivity index is 1.71. The molecular formula is C25H24ClNO6. The average molecular weight is 470 g/mol. The van der Waals surface area contributed by atoms with Crippen molar-refractivity contribution < 1.29 is 29.0 Å². The van der Waals surface area contributed by atoms with E-state index in [1.54, 1.807) is 30.3 Å². The molecule has 8 heteroatoms. The van der Waals surface area contributed by atoms with Crippen LogP contribution in [0.5, 0.6) is 5.75 Å². The molecule has 4 rings (SSSR count). The Morgan fingerprint density at radius 3 is 2.70 bits per heavy atom. The lowest BCUT2D eigenvalue weighted by molar-refractivity contribution is -0.129. The minimum atomic E-state index is -0.882. The molecule has 0 saturated heterocycles. The lowest BCUT2D eigenvalue weighted by atomic mass is 9.94. The summed E-state index contributed by atoms with van der Waals surface area (Å²) in [5.74, 6) is -1.93. The normalized spacial score (nSPS) is 16.4. The fourth-order valence-electron chi connectivity index (χ4n) is 3.97. The summed E-state index contributed by atoms with van der Waals surface area (Å²) < 4.78 is 11.3. The number of phenolic OH excluding ortho intramolecular Hbond substituents is 1. The van der Waals surface area contributed by atoms with Crippen LogP contribution in [0.25, 0.3) is 11.0 Å². The molecule has 1 aliphatic heterocycles. The molecule has 0 spiro atoms. The third-order valence-corrected chi connectivity index (χ3v) is 5.67. The van der Waals surface area contributed by atoms with Crippen LogP contribution in [0, 0.1) is 0 Å². The summed E-state index contributed by atoms with van der Waals surface area (Å²) in [6.45, 7) is 4.51. The Bertz CT molecular complexity index is 1240. The number of ketones is 1. The highest BCUT2D eigenvalue weighted by Crippen LogP contribution is 2.40. The zero-order valence-electron chi connectivity index (χ0n) is 18.2. The van der Waals surface area contributed by atoms with Gasteiger partial charge in [-0.3, -0.25) is 9.59 Å². The monoisotopic (exact) mass is 469 g/mol. The van der Waals surface area contributed by atoms with Crippen LogP contribution in [-0.4, -0.2) is 46.1 Å². The lowest BCUT2D eigenvalue weighted by Gasteiger charge is -2.27. The van der Waals surface area contributed by atoms with Gasteiger partial charge in [-0.05, 0) is 62.2 Å². The van der Waals surface area contributed by atoms with Gasteiger partial charge in [0.1, 0.15) is 11.3 Å². The second kappa shape index (κ2) is 9.29. The standard InChI is InChI=1S/C25H24ClNO6/c1-14(2)32-10-4-9-27-22(15-5-3-6-18(28)12-15)21(24(30)25(27)31)23(29)20-13-16-11-17(26)7-8-19(16)33-20/h3,5-8,11-14,22,28,30H,4,9-10H2,1-2H3. The number of hydrogen-bond donors (Lipinski definition) is 2. The number of carbonyl (C=O) groups is 2. The molecule has 1 atom stereocenters. The van der Waals surface area contributed by atoms with Crippen LogP contribution in [0.3, 0.4) is 0 Å². The van der Waals surface area contributed by atoms with Crippen molar-refractivity contribution in [2.75, 3.05) is 13.2 Å². The predicted octanol–water partition coefficient (Wildman–Crippen LogP) is 5.19. The second-order valence-electron chi connectivity index (χ2n) is 8.15. The summed E-state index contributed by atoms with van der Waals surface area (Å²) in [6, 6.07) is 11.9. The van der Waals surface area contributed by atoms with Crippen molar-refractivity contribution in [1.82, 2.24) is 4.90 Å². The van der Waals surface area contributed by atoms with Gasteiger partial charge >= 0.3 is 0 Å². The highest BCUT2D eigenvalue weighted by Gasteiger charge is 2.44. The van der Waals surface area contributed by atoms with Gasteiger partial charge in [0.15, 0.2) is 11.5 Å². The molecule has 0 bridgehead atoms. The maximum Gasteiger partial charge on any atom is 0.290 e. The first-order chi connectivity index (χ1) is 15.8. The molecule has 0 fully saturated rings. The number of fused-ring (bicyclic) bond motifs is 1. The van der Waals surface area contributed by atoms with Gasteiger partial charge in [-0.25, -0.2) is 0 Å². The number of aliphatic hydroxyl groups excluding tert-OH is 1. The van der Waals surface area contributed by atoms with Crippen LogP contribution < -0.4 is 0 Å². The number of ether oxygens (including phenoxy) is 1. The Morgan fingerprint density at radius 2 is 1.97 bits per heavy atom. The number of phenols is 1. The van der Waals surface area contributed by atoms with Crippen molar-refractivity contribution >= 4 is 34.3 Å². The smallest absolute Gasteiger partial charge is 0.290 e. The van der Waals surface area contributed by atoms with E-state index in [4.69, 9.17) is 20.8 Å². The number of halogens is 1. The van der Waals surface area contributed by atoms with Crippen LogP contribution in [0.4, 0.5) is 0 Å². The van der Waals surface area contributed by atoms with Gasteiger partial charge in [0, 0.05) is 23.6 Å². The molecule has 0 radical (unpaired) electrons. The maximum absolute atomic E-state index is 13.5. The van der Waals surface area contributed by atoms with Gasteiger partial charge < -0.3 is 24.3 Å². The van der Waals surface area contributed by atoms with Crippen LogP contribution in [0.15, 0.2) is 64.3 Å². The van der Waals surface area contributed by atoms with E-state index in [-0.39, 0.29) is 29.7 Å². The maximum atomic E-state index is 13.5. The topological polar surface area (TPSA) is 100 Å². The molecule has 2 heterocycles. The number of hydrogen-bond acceptors (Lipinski definition) is 6. The molecule has 172 valence electrons. The van der Waals surface area contributed by atoms with E-state index in [0.29, 0.717) is 34.6 Å². The number of aromatic hydroxyl groups is 1. The average Bonchev–Trinajstić information content (AvgIpc) is 3.30. The Hall–Kier alpha value is -3.29. The van der Waals surface area contributed by atoms with E-state index in [1.807, 2.05) is 13.8 Å². The minimum Gasteiger partial charge on any atom is -0.508 e. The lowest BCUT2D eigenvalue weighted by Crippen LogP contribution is -2.32. The molecule has 1 unspecified atom stereocenters. The van der Waals surface area contributed by atoms with Crippen molar-refractivity contribution in [3.63, 3.8) is 0 Å². The second-order valence-corrected chi connectivity index (χ2v) is 8.59. The molecule has 33 heavy (non-hydrogen) atoms. The first kappa shape index (κ1) is 22.9. The first-order valence-corrected chi connectivity index (χ1v) is 11.0. The van der Waals surface area contributed by atoms with E-state index >= 15 is 0 Å². The number of rotatable bonds is 8. The molecule has 1 aromatic heterocycles.